The lowest BCUT2D eigenvalue weighted by atomic mass is 10.3. The fraction of sp³-hybridized carbons (Fsp3) is 1.00. The molecule has 0 aromatic rings. The van der Waals surface area contributed by atoms with E-state index in [9.17, 15) is 13.2 Å². The summed E-state index contributed by atoms with van der Waals surface area (Å²) in [7, 11) is 0. The van der Waals surface area contributed by atoms with Crippen molar-refractivity contribution >= 4 is 0 Å². The molecule has 0 aromatic carbocycles. The summed E-state index contributed by atoms with van der Waals surface area (Å²) in [6, 6.07) is 0. The lowest BCUT2D eigenvalue weighted by molar-refractivity contribution is -0.146. The average Bonchev–Trinajstić information content (AvgIpc) is 2.02. The second-order valence-corrected chi connectivity index (χ2v) is 3.32. The van der Waals surface area contributed by atoms with Gasteiger partial charge in [-0.1, -0.05) is 6.92 Å². The van der Waals surface area contributed by atoms with Crippen LogP contribution in [0.4, 0.5) is 13.2 Å². The predicted octanol–water partition coefficient (Wildman–Crippen LogP) is 2.03. The van der Waals surface area contributed by atoms with Crippen LogP contribution in [0, 0.1) is 0 Å². The third-order valence-corrected chi connectivity index (χ3v) is 1.83. The van der Waals surface area contributed by atoms with Gasteiger partial charge < -0.3 is 5.11 Å². The Morgan fingerprint density at radius 2 is 1.79 bits per heavy atom. The van der Waals surface area contributed by atoms with Crippen LogP contribution >= 0.6 is 0 Å². The van der Waals surface area contributed by atoms with E-state index in [1.165, 1.54) is 4.90 Å². The minimum atomic E-state index is -4.12. The maximum atomic E-state index is 12.0. The largest absolute Gasteiger partial charge is 0.401 e. The first-order valence-electron chi connectivity index (χ1n) is 4.89. The summed E-state index contributed by atoms with van der Waals surface area (Å²) < 4.78 is 36.1. The van der Waals surface area contributed by atoms with Crippen molar-refractivity contribution < 1.29 is 18.3 Å². The predicted molar refractivity (Wildman–Crippen MR) is 49.1 cm³/mol. The summed E-state index contributed by atoms with van der Waals surface area (Å²) in [6.07, 6.45) is -2.21. The summed E-state index contributed by atoms with van der Waals surface area (Å²) >= 11 is 0. The molecule has 14 heavy (non-hydrogen) atoms. The monoisotopic (exact) mass is 213 g/mol. The first-order valence-corrected chi connectivity index (χ1v) is 4.89. The zero-order valence-corrected chi connectivity index (χ0v) is 8.48. The number of halogens is 3. The van der Waals surface area contributed by atoms with E-state index >= 15 is 0 Å². The lowest BCUT2D eigenvalue weighted by Gasteiger charge is -2.22. The molecule has 1 N–H and O–H groups in total. The smallest absolute Gasteiger partial charge is 0.396 e. The maximum absolute atomic E-state index is 12.0. The van der Waals surface area contributed by atoms with E-state index in [-0.39, 0.29) is 6.61 Å². The Balaban J connectivity index is 3.77. The summed E-state index contributed by atoms with van der Waals surface area (Å²) in [4.78, 5) is 1.38. The van der Waals surface area contributed by atoms with Gasteiger partial charge in [0.2, 0.25) is 0 Å². The highest BCUT2D eigenvalue weighted by atomic mass is 19.4. The minimum absolute atomic E-state index is 0.0476. The van der Waals surface area contributed by atoms with Gasteiger partial charge in [0.25, 0.3) is 0 Å². The summed E-state index contributed by atoms with van der Waals surface area (Å²) in [5.41, 5.74) is 0. The van der Waals surface area contributed by atoms with Crippen LogP contribution in [0.1, 0.15) is 26.2 Å². The summed E-state index contributed by atoms with van der Waals surface area (Å²) in [5, 5.41) is 8.50. The van der Waals surface area contributed by atoms with Gasteiger partial charge in [-0.2, -0.15) is 13.2 Å². The number of unbranched alkanes of at least 4 members (excludes halogenated alkanes) is 1. The van der Waals surface area contributed by atoms with Crippen LogP contribution in [0.15, 0.2) is 0 Å². The van der Waals surface area contributed by atoms with Gasteiger partial charge in [-0.05, 0) is 32.4 Å². The van der Waals surface area contributed by atoms with Crippen LogP contribution < -0.4 is 0 Å². The molecule has 0 aromatic heterocycles. The van der Waals surface area contributed by atoms with Gasteiger partial charge in [0, 0.05) is 6.61 Å². The second kappa shape index (κ2) is 7.06. The van der Waals surface area contributed by atoms with Crippen molar-refractivity contribution in [3.05, 3.63) is 0 Å². The lowest BCUT2D eigenvalue weighted by Crippen LogP contribution is -2.35. The average molecular weight is 213 g/mol. The highest BCUT2D eigenvalue weighted by Crippen LogP contribution is 2.16. The number of aliphatic hydroxyl groups is 1. The topological polar surface area (TPSA) is 23.5 Å². The van der Waals surface area contributed by atoms with Crippen molar-refractivity contribution in [1.82, 2.24) is 4.90 Å². The first kappa shape index (κ1) is 13.7. The molecule has 0 bridgehead atoms. The van der Waals surface area contributed by atoms with Gasteiger partial charge in [0.05, 0.1) is 6.54 Å². The molecular weight excluding hydrogens is 195 g/mol. The van der Waals surface area contributed by atoms with Crippen molar-refractivity contribution in [3.63, 3.8) is 0 Å². The van der Waals surface area contributed by atoms with Crippen LogP contribution in [0.3, 0.4) is 0 Å². The van der Waals surface area contributed by atoms with Gasteiger partial charge in [0.15, 0.2) is 0 Å². The summed E-state index contributed by atoms with van der Waals surface area (Å²) in [5.74, 6) is 0. The zero-order chi connectivity index (χ0) is 11.0. The molecule has 5 heteroatoms. The molecular formula is C9H18F3NO. The van der Waals surface area contributed by atoms with Gasteiger partial charge in [-0.15, -0.1) is 0 Å². The van der Waals surface area contributed by atoms with Crippen LogP contribution in [-0.4, -0.2) is 42.4 Å². The molecule has 0 saturated heterocycles. The number of hydrogen-bond donors (Lipinski definition) is 1. The third kappa shape index (κ3) is 8.31. The van der Waals surface area contributed by atoms with Crippen molar-refractivity contribution in [2.75, 3.05) is 26.2 Å². The van der Waals surface area contributed by atoms with Gasteiger partial charge in [-0.3, -0.25) is 4.90 Å². The van der Waals surface area contributed by atoms with Crippen molar-refractivity contribution in [1.29, 1.82) is 0 Å². The van der Waals surface area contributed by atoms with Crippen LogP contribution in [-0.2, 0) is 0 Å². The number of aliphatic hydroxyl groups excluding tert-OH is 1. The highest BCUT2D eigenvalue weighted by Gasteiger charge is 2.29. The molecule has 0 fully saturated rings. The Labute approximate surface area is 82.7 Å². The molecule has 2 nitrogen and oxygen atoms in total. The van der Waals surface area contributed by atoms with E-state index in [1.807, 2.05) is 6.92 Å². The first-order chi connectivity index (χ1) is 6.49. The molecule has 0 atom stereocenters. The van der Waals surface area contributed by atoms with E-state index < -0.39 is 12.7 Å². The molecule has 0 rings (SSSR count). The van der Waals surface area contributed by atoms with E-state index in [0.29, 0.717) is 25.9 Å². The molecule has 0 aliphatic rings. The van der Waals surface area contributed by atoms with Crippen molar-refractivity contribution in [2.45, 2.75) is 32.4 Å². The molecule has 0 unspecified atom stereocenters. The number of alkyl halides is 3. The second-order valence-electron chi connectivity index (χ2n) is 3.32. The molecule has 86 valence electrons. The van der Waals surface area contributed by atoms with E-state index in [0.717, 1.165) is 6.42 Å². The Morgan fingerprint density at radius 3 is 2.21 bits per heavy atom. The van der Waals surface area contributed by atoms with E-state index in [1.54, 1.807) is 0 Å². The van der Waals surface area contributed by atoms with E-state index in [2.05, 4.69) is 0 Å². The number of nitrogens with zero attached hydrogens (tertiary/aromatic N) is 1. The van der Waals surface area contributed by atoms with Crippen LogP contribution in [0.5, 0.6) is 0 Å². The van der Waals surface area contributed by atoms with Gasteiger partial charge in [0.1, 0.15) is 0 Å². The van der Waals surface area contributed by atoms with Crippen LogP contribution in [0.2, 0.25) is 0 Å². The number of rotatable bonds is 7. The molecule has 0 aliphatic heterocycles. The third-order valence-electron chi connectivity index (χ3n) is 1.83. The van der Waals surface area contributed by atoms with Crippen molar-refractivity contribution in [2.24, 2.45) is 0 Å². The Kier molecular flexibility index (Phi) is 6.92. The van der Waals surface area contributed by atoms with Gasteiger partial charge >= 0.3 is 6.18 Å². The molecule has 0 radical (unpaired) electrons. The zero-order valence-electron chi connectivity index (χ0n) is 8.48. The summed E-state index contributed by atoms with van der Waals surface area (Å²) in [6.45, 7) is 1.94. The molecule has 0 heterocycles. The Bertz CT molecular complexity index is 139. The van der Waals surface area contributed by atoms with Crippen LogP contribution in [0.25, 0.3) is 0 Å². The van der Waals surface area contributed by atoms with Gasteiger partial charge in [-0.25, -0.2) is 0 Å². The quantitative estimate of drug-likeness (QED) is 0.654. The number of hydrogen-bond acceptors (Lipinski definition) is 2. The molecule has 0 amide bonds. The molecule has 0 saturated carbocycles. The highest BCUT2D eigenvalue weighted by molar-refractivity contribution is 4.62. The standard InChI is InChI=1S/C9H18F3NO/c1-2-5-13(6-3-4-7-14)8-9(10,11)12/h14H,2-8H2,1H3. The molecule has 0 aliphatic carbocycles. The normalized spacial score (nSPS) is 12.4. The fourth-order valence-corrected chi connectivity index (χ4v) is 1.29. The fourth-order valence-electron chi connectivity index (χ4n) is 1.29. The van der Waals surface area contributed by atoms with Crippen molar-refractivity contribution in [3.8, 4) is 0 Å². The Morgan fingerprint density at radius 1 is 1.14 bits per heavy atom. The van der Waals surface area contributed by atoms with E-state index in [4.69, 9.17) is 5.11 Å². The minimum Gasteiger partial charge on any atom is -0.396 e. The SMILES string of the molecule is CCCN(CCCCO)CC(F)(F)F. The Hall–Kier alpha value is -0.290. The maximum Gasteiger partial charge on any atom is 0.401 e. The molecule has 0 spiro atoms.